The van der Waals surface area contributed by atoms with Gasteiger partial charge in [0.15, 0.2) is 5.78 Å². The van der Waals surface area contributed by atoms with Crippen LogP contribution in [-0.2, 0) is 5.75 Å². The molecule has 0 amide bonds. The number of aryl methyl sites for hydroxylation is 3. The number of carbonyl (C=O) groups is 1. The highest BCUT2D eigenvalue weighted by atomic mass is 35.5. The maximum Gasteiger partial charge on any atom is 0.199 e. The largest absolute Gasteiger partial charge is 0.288 e. The summed E-state index contributed by atoms with van der Waals surface area (Å²) in [6, 6.07) is 21.8. The molecule has 0 atom stereocenters. The third kappa shape index (κ3) is 5.37. The van der Waals surface area contributed by atoms with Crippen LogP contribution < -0.4 is 0 Å². The highest BCUT2D eigenvalue weighted by Gasteiger charge is 2.14. The summed E-state index contributed by atoms with van der Waals surface area (Å²) in [5.74, 6) is 0.769. The van der Waals surface area contributed by atoms with Crippen molar-refractivity contribution >= 4 is 35.2 Å². The second kappa shape index (κ2) is 9.27. The second-order valence-corrected chi connectivity index (χ2v) is 8.43. The summed E-state index contributed by atoms with van der Waals surface area (Å²) in [4.78, 5) is 13.9. The average molecular weight is 407 g/mol. The molecule has 0 unspecified atom stereocenters. The van der Waals surface area contributed by atoms with Crippen molar-refractivity contribution in [1.29, 1.82) is 0 Å². The van der Waals surface area contributed by atoms with Gasteiger partial charge in [-0.15, -0.1) is 11.8 Å². The van der Waals surface area contributed by atoms with E-state index in [1.54, 1.807) is 36.0 Å². The minimum absolute atomic E-state index is 0.0229. The van der Waals surface area contributed by atoms with Crippen LogP contribution in [0.4, 0.5) is 0 Å². The first-order valence-electron chi connectivity index (χ1n) is 9.20. The number of allylic oxidation sites excluding steroid dienone is 1. The fraction of sp³-hybridized carbons (Fsp3) is 0.160. The molecule has 0 aromatic heterocycles. The van der Waals surface area contributed by atoms with Crippen molar-refractivity contribution < 1.29 is 4.79 Å². The maximum absolute atomic E-state index is 13.2. The van der Waals surface area contributed by atoms with E-state index in [-0.39, 0.29) is 5.78 Å². The lowest BCUT2D eigenvalue weighted by atomic mass is 10.0. The molecule has 28 heavy (non-hydrogen) atoms. The highest BCUT2D eigenvalue weighted by Crippen LogP contribution is 2.29. The molecule has 0 saturated carbocycles. The Labute approximate surface area is 176 Å². The van der Waals surface area contributed by atoms with Gasteiger partial charge in [-0.05, 0) is 67.8 Å². The van der Waals surface area contributed by atoms with E-state index in [0.717, 1.165) is 21.8 Å². The number of hydrogen-bond donors (Lipinski definition) is 0. The van der Waals surface area contributed by atoms with Crippen LogP contribution in [0.25, 0.3) is 6.08 Å². The zero-order valence-electron chi connectivity index (χ0n) is 16.3. The predicted octanol–water partition coefficient (Wildman–Crippen LogP) is 7.42. The van der Waals surface area contributed by atoms with E-state index in [0.29, 0.717) is 10.6 Å². The first-order chi connectivity index (χ1) is 13.4. The van der Waals surface area contributed by atoms with Gasteiger partial charge in [0, 0.05) is 16.3 Å². The van der Waals surface area contributed by atoms with Gasteiger partial charge in [-0.1, -0.05) is 65.2 Å². The van der Waals surface area contributed by atoms with Gasteiger partial charge in [0.05, 0.1) is 4.91 Å². The minimum Gasteiger partial charge on any atom is -0.288 e. The topological polar surface area (TPSA) is 17.1 Å². The van der Waals surface area contributed by atoms with Crippen LogP contribution in [0, 0.1) is 20.8 Å². The van der Waals surface area contributed by atoms with Crippen LogP contribution in [0.15, 0.2) is 71.6 Å². The van der Waals surface area contributed by atoms with E-state index in [2.05, 4.69) is 63.2 Å². The molecule has 3 rings (SSSR count). The summed E-state index contributed by atoms with van der Waals surface area (Å²) < 4.78 is 0. The molecule has 3 aromatic rings. The molecular formula is C25H23ClOS. The van der Waals surface area contributed by atoms with E-state index in [4.69, 9.17) is 11.6 Å². The second-order valence-electron chi connectivity index (χ2n) is 6.98. The molecule has 0 aliphatic heterocycles. The van der Waals surface area contributed by atoms with Crippen molar-refractivity contribution in [2.24, 2.45) is 0 Å². The number of Topliss-reactive ketones (excluding diaryl/α,β-unsaturated/α-hetero) is 1. The van der Waals surface area contributed by atoms with Gasteiger partial charge in [0.2, 0.25) is 0 Å². The Kier molecular flexibility index (Phi) is 6.77. The van der Waals surface area contributed by atoms with Crippen LogP contribution in [0.2, 0.25) is 5.02 Å². The van der Waals surface area contributed by atoms with E-state index in [1.807, 2.05) is 6.08 Å². The van der Waals surface area contributed by atoms with Crippen LogP contribution in [0.1, 0.15) is 38.2 Å². The van der Waals surface area contributed by atoms with Crippen molar-refractivity contribution in [2.45, 2.75) is 26.5 Å². The Morgan fingerprint density at radius 1 is 0.893 bits per heavy atom. The van der Waals surface area contributed by atoms with Gasteiger partial charge in [-0.25, -0.2) is 0 Å². The van der Waals surface area contributed by atoms with E-state index < -0.39 is 0 Å². The molecule has 0 radical (unpaired) electrons. The number of thioether (sulfide) groups is 1. The molecule has 0 saturated heterocycles. The zero-order chi connectivity index (χ0) is 20.1. The number of ketones is 1. The maximum atomic E-state index is 13.2. The van der Waals surface area contributed by atoms with Gasteiger partial charge in [-0.3, -0.25) is 4.79 Å². The molecule has 3 heteroatoms. The number of rotatable bonds is 6. The molecule has 3 aromatic carbocycles. The molecule has 0 aliphatic rings. The smallest absolute Gasteiger partial charge is 0.199 e. The zero-order valence-corrected chi connectivity index (χ0v) is 17.9. The number of benzene rings is 3. The molecule has 1 nitrogen and oxygen atoms in total. The first kappa shape index (κ1) is 20.4. The molecule has 142 valence electrons. The normalized spacial score (nSPS) is 11.5. The van der Waals surface area contributed by atoms with Crippen molar-refractivity contribution in [1.82, 2.24) is 0 Å². The van der Waals surface area contributed by atoms with Crippen LogP contribution in [0.3, 0.4) is 0 Å². The molecule has 0 bridgehead atoms. The summed E-state index contributed by atoms with van der Waals surface area (Å²) in [6.07, 6.45) is 2.01. The van der Waals surface area contributed by atoms with Gasteiger partial charge in [-0.2, -0.15) is 0 Å². The summed E-state index contributed by atoms with van der Waals surface area (Å²) in [6.45, 7) is 6.21. The third-order valence-corrected chi connectivity index (χ3v) is 5.91. The standard InChI is InChI=1S/C25H23ClOS/c1-17-5-8-20(9-6-17)16-28-24(15-22-14-18(2)4-7-19(22)3)25(27)21-10-12-23(26)13-11-21/h4-15H,16H2,1-3H3. The van der Waals surface area contributed by atoms with Gasteiger partial charge in [0.1, 0.15) is 0 Å². The average Bonchev–Trinajstić information content (AvgIpc) is 2.69. The molecule has 0 N–H and O–H groups in total. The summed E-state index contributed by atoms with van der Waals surface area (Å²) in [7, 11) is 0. The van der Waals surface area contributed by atoms with Crippen LogP contribution in [-0.4, -0.2) is 5.78 Å². The fourth-order valence-corrected chi connectivity index (χ4v) is 3.92. The lowest BCUT2D eigenvalue weighted by Gasteiger charge is -2.10. The Morgan fingerprint density at radius 2 is 1.54 bits per heavy atom. The first-order valence-corrected chi connectivity index (χ1v) is 10.6. The summed E-state index contributed by atoms with van der Waals surface area (Å²) >= 11 is 7.56. The quantitative estimate of drug-likeness (QED) is 0.313. The molecular weight excluding hydrogens is 384 g/mol. The Morgan fingerprint density at radius 3 is 2.21 bits per heavy atom. The number of halogens is 1. The Hall–Kier alpha value is -2.29. The predicted molar refractivity (Wildman–Crippen MR) is 122 cm³/mol. The van der Waals surface area contributed by atoms with Crippen molar-refractivity contribution in [3.63, 3.8) is 0 Å². The fourth-order valence-electron chi connectivity index (χ4n) is 2.82. The van der Waals surface area contributed by atoms with Gasteiger partial charge in [0.25, 0.3) is 0 Å². The minimum atomic E-state index is 0.0229. The Bertz CT molecular complexity index is 1000. The lowest BCUT2D eigenvalue weighted by Crippen LogP contribution is -2.02. The van der Waals surface area contributed by atoms with Crippen LogP contribution in [0.5, 0.6) is 0 Å². The van der Waals surface area contributed by atoms with Crippen molar-refractivity contribution in [3.05, 3.63) is 110 Å². The van der Waals surface area contributed by atoms with Gasteiger partial charge < -0.3 is 0 Å². The summed E-state index contributed by atoms with van der Waals surface area (Å²) in [5.41, 5.74) is 6.50. The SMILES string of the molecule is Cc1ccc(CSC(=Cc2cc(C)ccc2C)C(=O)c2ccc(Cl)cc2)cc1. The molecule has 0 heterocycles. The summed E-state index contributed by atoms with van der Waals surface area (Å²) in [5, 5.41) is 0.629. The van der Waals surface area contributed by atoms with E-state index in [1.165, 1.54) is 16.7 Å². The van der Waals surface area contributed by atoms with E-state index in [9.17, 15) is 4.79 Å². The van der Waals surface area contributed by atoms with E-state index >= 15 is 0 Å². The van der Waals surface area contributed by atoms with Crippen LogP contribution >= 0.6 is 23.4 Å². The molecule has 0 aliphatic carbocycles. The highest BCUT2D eigenvalue weighted by molar-refractivity contribution is 8.03. The Balaban J connectivity index is 1.93. The molecule has 0 spiro atoms. The lowest BCUT2D eigenvalue weighted by molar-refractivity contribution is 0.104. The monoisotopic (exact) mass is 406 g/mol. The van der Waals surface area contributed by atoms with Gasteiger partial charge >= 0.3 is 0 Å². The number of carbonyl (C=O) groups excluding carboxylic acids is 1. The van der Waals surface area contributed by atoms with Crippen molar-refractivity contribution in [2.75, 3.05) is 0 Å². The number of hydrogen-bond acceptors (Lipinski definition) is 2. The van der Waals surface area contributed by atoms with Crippen molar-refractivity contribution in [3.8, 4) is 0 Å². The third-order valence-electron chi connectivity index (χ3n) is 4.57. The molecule has 0 fully saturated rings.